The van der Waals surface area contributed by atoms with Gasteiger partial charge in [0.05, 0.1) is 0 Å². The van der Waals surface area contributed by atoms with Gasteiger partial charge in [0, 0.05) is 4.70 Å². The average Bonchev–Trinajstić information content (AvgIpc) is 2.47. The Bertz CT molecular complexity index is 437. The van der Waals surface area contributed by atoms with E-state index in [0.717, 1.165) is 5.75 Å². The molecule has 1 aromatic carbocycles. The molecule has 0 atom stereocenters. The third-order valence-corrected chi connectivity index (χ3v) is 2.75. The second-order valence-corrected chi connectivity index (χ2v) is 5.28. The van der Waals surface area contributed by atoms with Crippen LogP contribution in [0.5, 0.6) is 5.75 Å². The van der Waals surface area contributed by atoms with Gasteiger partial charge in [-0.2, -0.15) is 0 Å². The molecule has 0 fully saturated rings. The Morgan fingerprint density at radius 1 is 1.14 bits per heavy atom. The van der Waals surface area contributed by atoms with Gasteiger partial charge in [0.2, 0.25) is 0 Å². The third-order valence-electron chi connectivity index (χ3n) is 1.85. The maximum absolute atomic E-state index is 5.78. The van der Waals surface area contributed by atoms with Crippen LogP contribution in [-0.4, -0.2) is 5.60 Å². The van der Waals surface area contributed by atoms with Gasteiger partial charge in [0.1, 0.15) is 11.4 Å². The monoisotopic (exact) mass is 206 g/mol. The van der Waals surface area contributed by atoms with Crippen LogP contribution < -0.4 is 4.74 Å². The summed E-state index contributed by atoms with van der Waals surface area (Å²) in [6, 6.07) is 8.36. The molecule has 0 unspecified atom stereocenters. The van der Waals surface area contributed by atoms with Crippen molar-refractivity contribution in [3.63, 3.8) is 0 Å². The molecule has 0 aliphatic heterocycles. The number of ether oxygens (including phenoxy) is 1. The Hall–Kier alpha value is -1.02. The van der Waals surface area contributed by atoms with Crippen molar-refractivity contribution in [2.24, 2.45) is 0 Å². The van der Waals surface area contributed by atoms with Crippen LogP contribution in [0.3, 0.4) is 0 Å². The number of fused-ring (bicyclic) bond motifs is 1. The lowest BCUT2D eigenvalue weighted by molar-refractivity contribution is 0.131. The summed E-state index contributed by atoms with van der Waals surface area (Å²) < 4.78 is 7.10. The fourth-order valence-electron chi connectivity index (χ4n) is 1.36. The molecule has 2 heteroatoms. The fraction of sp³-hybridized carbons (Fsp3) is 0.333. The second kappa shape index (κ2) is 3.28. The van der Waals surface area contributed by atoms with Gasteiger partial charge in [-0.1, -0.05) is 0 Å². The Kier molecular flexibility index (Phi) is 2.23. The summed E-state index contributed by atoms with van der Waals surface area (Å²) in [5.41, 5.74) is -0.121. The minimum absolute atomic E-state index is 0.121. The first-order valence-corrected chi connectivity index (χ1v) is 5.59. The number of thiophene rings is 1. The van der Waals surface area contributed by atoms with Crippen LogP contribution in [0.15, 0.2) is 29.6 Å². The normalized spacial score (nSPS) is 11.9. The molecule has 74 valence electrons. The molecule has 0 amide bonds. The zero-order chi connectivity index (χ0) is 10.2. The summed E-state index contributed by atoms with van der Waals surface area (Å²) in [4.78, 5) is 0. The van der Waals surface area contributed by atoms with E-state index in [0.29, 0.717) is 0 Å². The van der Waals surface area contributed by atoms with E-state index < -0.39 is 0 Å². The van der Waals surface area contributed by atoms with Crippen molar-refractivity contribution in [1.29, 1.82) is 0 Å². The highest BCUT2D eigenvalue weighted by atomic mass is 32.1. The van der Waals surface area contributed by atoms with Crippen LogP contribution in [-0.2, 0) is 0 Å². The molecule has 1 nitrogen and oxygen atoms in total. The highest BCUT2D eigenvalue weighted by Crippen LogP contribution is 2.27. The summed E-state index contributed by atoms with van der Waals surface area (Å²) >= 11 is 1.76. The van der Waals surface area contributed by atoms with Gasteiger partial charge in [-0.3, -0.25) is 0 Å². The number of rotatable bonds is 1. The first kappa shape index (κ1) is 9.53. The first-order chi connectivity index (χ1) is 6.54. The van der Waals surface area contributed by atoms with E-state index in [4.69, 9.17) is 4.74 Å². The molecule has 0 saturated heterocycles. The van der Waals surface area contributed by atoms with Gasteiger partial charge in [-0.25, -0.2) is 0 Å². The van der Waals surface area contributed by atoms with Crippen molar-refractivity contribution >= 4 is 21.4 Å². The smallest absolute Gasteiger partial charge is 0.120 e. The number of hydrogen-bond acceptors (Lipinski definition) is 2. The van der Waals surface area contributed by atoms with Crippen molar-refractivity contribution < 1.29 is 4.74 Å². The molecule has 1 heterocycles. The Morgan fingerprint density at radius 2 is 1.93 bits per heavy atom. The van der Waals surface area contributed by atoms with E-state index in [1.165, 1.54) is 10.1 Å². The zero-order valence-corrected chi connectivity index (χ0v) is 9.52. The van der Waals surface area contributed by atoms with Crippen molar-refractivity contribution in [1.82, 2.24) is 0 Å². The van der Waals surface area contributed by atoms with E-state index in [1.54, 1.807) is 11.3 Å². The van der Waals surface area contributed by atoms with Crippen molar-refractivity contribution in [3.05, 3.63) is 29.6 Å². The predicted octanol–water partition coefficient (Wildman–Crippen LogP) is 4.08. The lowest BCUT2D eigenvalue weighted by atomic mass is 10.2. The van der Waals surface area contributed by atoms with Gasteiger partial charge < -0.3 is 4.74 Å². The summed E-state index contributed by atoms with van der Waals surface area (Å²) in [6.07, 6.45) is 0. The maximum atomic E-state index is 5.78. The van der Waals surface area contributed by atoms with Gasteiger partial charge in [-0.15, -0.1) is 11.3 Å². The summed E-state index contributed by atoms with van der Waals surface area (Å²) in [6.45, 7) is 6.18. The molecular formula is C12H14OS. The molecule has 2 aromatic rings. The zero-order valence-electron chi connectivity index (χ0n) is 8.70. The molecule has 1 aromatic heterocycles. The minimum atomic E-state index is -0.121. The summed E-state index contributed by atoms with van der Waals surface area (Å²) in [7, 11) is 0. The van der Waals surface area contributed by atoms with E-state index in [9.17, 15) is 0 Å². The van der Waals surface area contributed by atoms with Crippen molar-refractivity contribution in [2.75, 3.05) is 0 Å². The molecule has 14 heavy (non-hydrogen) atoms. The highest BCUT2D eigenvalue weighted by molar-refractivity contribution is 7.17. The standard InChI is InChI=1S/C12H14OS/c1-12(2,3)13-10-4-5-11-9(8-10)6-7-14-11/h4-8H,1-3H3. The van der Waals surface area contributed by atoms with E-state index >= 15 is 0 Å². The molecule has 0 N–H and O–H groups in total. The van der Waals surface area contributed by atoms with Crippen molar-refractivity contribution in [2.45, 2.75) is 26.4 Å². The van der Waals surface area contributed by atoms with Gasteiger partial charge in [0.25, 0.3) is 0 Å². The Labute approximate surface area is 88.3 Å². The molecule has 0 radical (unpaired) electrons. The highest BCUT2D eigenvalue weighted by Gasteiger charge is 2.11. The van der Waals surface area contributed by atoms with E-state index in [1.807, 2.05) is 6.07 Å². The van der Waals surface area contributed by atoms with Crippen LogP contribution in [0.1, 0.15) is 20.8 Å². The van der Waals surface area contributed by atoms with Crippen LogP contribution in [0, 0.1) is 0 Å². The maximum Gasteiger partial charge on any atom is 0.120 e. The van der Waals surface area contributed by atoms with Gasteiger partial charge in [-0.05, 0) is 55.8 Å². The molecule has 0 aliphatic rings. The lowest BCUT2D eigenvalue weighted by Gasteiger charge is -2.21. The molecule has 0 saturated carbocycles. The SMILES string of the molecule is CC(C)(C)Oc1ccc2sccc2c1. The van der Waals surface area contributed by atoms with Crippen LogP contribution >= 0.6 is 11.3 Å². The molecule has 2 rings (SSSR count). The second-order valence-electron chi connectivity index (χ2n) is 4.33. The first-order valence-electron chi connectivity index (χ1n) is 4.71. The van der Waals surface area contributed by atoms with Crippen LogP contribution in [0.4, 0.5) is 0 Å². The fourth-order valence-corrected chi connectivity index (χ4v) is 2.13. The average molecular weight is 206 g/mol. The Morgan fingerprint density at radius 3 is 2.64 bits per heavy atom. The van der Waals surface area contributed by atoms with Crippen LogP contribution in [0.2, 0.25) is 0 Å². The molecular weight excluding hydrogens is 192 g/mol. The van der Waals surface area contributed by atoms with E-state index in [-0.39, 0.29) is 5.60 Å². The summed E-state index contributed by atoms with van der Waals surface area (Å²) in [5.74, 6) is 0.948. The topological polar surface area (TPSA) is 9.23 Å². The van der Waals surface area contributed by atoms with Gasteiger partial charge in [0.15, 0.2) is 0 Å². The molecule has 0 aliphatic carbocycles. The molecule has 0 spiro atoms. The summed E-state index contributed by atoms with van der Waals surface area (Å²) in [5, 5.41) is 3.36. The third kappa shape index (κ3) is 2.07. The van der Waals surface area contributed by atoms with Gasteiger partial charge >= 0.3 is 0 Å². The molecule has 0 bridgehead atoms. The number of benzene rings is 1. The van der Waals surface area contributed by atoms with E-state index in [2.05, 4.69) is 44.4 Å². The Balaban J connectivity index is 2.35. The minimum Gasteiger partial charge on any atom is -0.488 e. The lowest BCUT2D eigenvalue weighted by Crippen LogP contribution is -2.22. The largest absolute Gasteiger partial charge is 0.488 e. The predicted molar refractivity (Wildman–Crippen MR) is 62.2 cm³/mol. The quantitative estimate of drug-likeness (QED) is 0.683. The van der Waals surface area contributed by atoms with Crippen LogP contribution in [0.25, 0.3) is 10.1 Å². The number of hydrogen-bond donors (Lipinski definition) is 0. The van der Waals surface area contributed by atoms with Crippen molar-refractivity contribution in [3.8, 4) is 5.75 Å².